The van der Waals surface area contributed by atoms with Crippen molar-refractivity contribution in [3.05, 3.63) is 41.1 Å². The van der Waals surface area contributed by atoms with E-state index in [0.717, 1.165) is 12.8 Å². The van der Waals surface area contributed by atoms with Gasteiger partial charge in [0.15, 0.2) is 0 Å². The molecule has 2 N–H and O–H groups in total. The monoisotopic (exact) mass is 207 g/mol. The topological polar surface area (TPSA) is 26.0 Å². The molecular weight excluding hydrogens is 190 g/mol. The largest absolute Gasteiger partial charge is 0.324 e. The van der Waals surface area contributed by atoms with Crippen LogP contribution in [0.5, 0.6) is 0 Å². The molecule has 0 spiro atoms. The first-order chi connectivity index (χ1) is 6.79. The minimum atomic E-state index is 0.132. The fraction of sp³-hybridized carbons (Fsp3) is 0.333. The van der Waals surface area contributed by atoms with Crippen LogP contribution >= 0.6 is 11.3 Å². The Bertz CT molecular complexity index is 298. The van der Waals surface area contributed by atoms with Gasteiger partial charge in [-0.3, -0.25) is 0 Å². The van der Waals surface area contributed by atoms with Gasteiger partial charge in [-0.25, -0.2) is 0 Å². The van der Waals surface area contributed by atoms with Gasteiger partial charge >= 0.3 is 0 Å². The highest BCUT2D eigenvalue weighted by atomic mass is 32.1. The van der Waals surface area contributed by atoms with Crippen molar-refractivity contribution >= 4 is 16.9 Å². The van der Waals surface area contributed by atoms with E-state index >= 15 is 0 Å². The van der Waals surface area contributed by atoms with Crippen molar-refractivity contribution in [3.63, 3.8) is 0 Å². The van der Waals surface area contributed by atoms with Crippen LogP contribution in [0.3, 0.4) is 0 Å². The van der Waals surface area contributed by atoms with Gasteiger partial charge < -0.3 is 5.73 Å². The van der Waals surface area contributed by atoms with Crippen LogP contribution in [0.1, 0.15) is 25.3 Å². The third-order valence-corrected chi connectivity index (χ3v) is 2.83. The molecule has 0 aliphatic carbocycles. The van der Waals surface area contributed by atoms with Crippen molar-refractivity contribution < 1.29 is 0 Å². The first kappa shape index (κ1) is 11.2. The standard InChI is InChI=1S/C12H17NS/c1-3-5-11(12(13)6-4-2)10-7-8-14-9-10/h3,5,7-9,12H,1,4,6,13H2,2H3/b11-5-. The lowest BCUT2D eigenvalue weighted by molar-refractivity contribution is 0.717. The van der Waals surface area contributed by atoms with Crippen molar-refractivity contribution in [1.29, 1.82) is 0 Å². The Morgan fingerprint density at radius 1 is 1.71 bits per heavy atom. The van der Waals surface area contributed by atoms with E-state index in [1.165, 1.54) is 11.1 Å². The van der Waals surface area contributed by atoms with Crippen LogP contribution < -0.4 is 5.73 Å². The van der Waals surface area contributed by atoms with Crippen molar-refractivity contribution in [2.75, 3.05) is 0 Å². The van der Waals surface area contributed by atoms with Gasteiger partial charge in [-0.1, -0.05) is 32.1 Å². The van der Waals surface area contributed by atoms with E-state index in [1.54, 1.807) is 11.3 Å². The van der Waals surface area contributed by atoms with E-state index in [4.69, 9.17) is 5.73 Å². The van der Waals surface area contributed by atoms with Gasteiger partial charge in [0.1, 0.15) is 0 Å². The lowest BCUT2D eigenvalue weighted by atomic mass is 9.98. The Kier molecular flexibility index (Phi) is 4.63. The second kappa shape index (κ2) is 5.78. The van der Waals surface area contributed by atoms with Crippen LogP contribution in [-0.4, -0.2) is 6.04 Å². The van der Waals surface area contributed by atoms with Crippen LogP contribution in [0.4, 0.5) is 0 Å². The first-order valence-electron chi connectivity index (χ1n) is 4.90. The zero-order chi connectivity index (χ0) is 10.4. The minimum Gasteiger partial charge on any atom is -0.324 e. The number of hydrogen-bond donors (Lipinski definition) is 1. The van der Waals surface area contributed by atoms with E-state index in [1.807, 2.05) is 12.2 Å². The molecule has 14 heavy (non-hydrogen) atoms. The zero-order valence-electron chi connectivity index (χ0n) is 8.57. The molecule has 0 aliphatic heterocycles. The Morgan fingerprint density at radius 3 is 3.00 bits per heavy atom. The van der Waals surface area contributed by atoms with E-state index < -0.39 is 0 Å². The summed E-state index contributed by atoms with van der Waals surface area (Å²) in [7, 11) is 0. The Hall–Kier alpha value is -0.860. The number of nitrogens with two attached hydrogens (primary N) is 1. The molecular formula is C12H17NS. The molecule has 0 amide bonds. The summed E-state index contributed by atoms with van der Waals surface area (Å²) in [6.07, 6.45) is 5.96. The molecule has 0 radical (unpaired) electrons. The van der Waals surface area contributed by atoms with Crippen LogP contribution in [0.15, 0.2) is 35.6 Å². The third-order valence-electron chi connectivity index (χ3n) is 2.15. The summed E-state index contributed by atoms with van der Waals surface area (Å²) < 4.78 is 0. The molecule has 0 saturated heterocycles. The van der Waals surface area contributed by atoms with Crippen molar-refractivity contribution in [1.82, 2.24) is 0 Å². The molecule has 2 heteroatoms. The molecule has 76 valence electrons. The molecule has 1 rings (SSSR count). The summed E-state index contributed by atoms with van der Waals surface area (Å²) in [6, 6.07) is 2.24. The molecule has 0 aromatic carbocycles. The second-order valence-electron chi connectivity index (χ2n) is 3.26. The molecule has 0 bridgehead atoms. The van der Waals surface area contributed by atoms with Gasteiger partial charge in [-0.15, -0.1) is 0 Å². The normalized spacial score (nSPS) is 14.0. The molecule has 1 aromatic rings. The smallest absolute Gasteiger partial charge is 0.0300 e. The Balaban J connectivity index is 2.85. The summed E-state index contributed by atoms with van der Waals surface area (Å²) in [4.78, 5) is 0. The highest BCUT2D eigenvalue weighted by Gasteiger charge is 2.09. The summed E-state index contributed by atoms with van der Waals surface area (Å²) in [5, 5.41) is 4.20. The fourth-order valence-corrected chi connectivity index (χ4v) is 2.12. The Labute approximate surface area is 90.0 Å². The van der Waals surface area contributed by atoms with Crippen LogP contribution in [0.2, 0.25) is 0 Å². The number of rotatable bonds is 5. The minimum absolute atomic E-state index is 0.132. The SMILES string of the molecule is C=C/C=C(/c1ccsc1)C(N)CCC. The van der Waals surface area contributed by atoms with Gasteiger partial charge in [-0.2, -0.15) is 11.3 Å². The highest BCUT2D eigenvalue weighted by Crippen LogP contribution is 2.22. The fourth-order valence-electron chi connectivity index (χ4n) is 1.46. The molecule has 1 heterocycles. The van der Waals surface area contributed by atoms with E-state index in [9.17, 15) is 0 Å². The van der Waals surface area contributed by atoms with Gasteiger partial charge in [-0.05, 0) is 34.4 Å². The van der Waals surface area contributed by atoms with Crippen molar-refractivity contribution in [3.8, 4) is 0 Å². The average molecular weight is 207 g/mol. The van der Waals surface area contributed by atoms with Crippen LogP contribution in [0.25, 0.3) is 5.57 Å². The average Bonchev–Trinajstić information content (AvgIpc) is 2.67. The highest BCUT2D eigenvalue weighted by molar-refractivity contribution is 7.08. The maximum absolute atomic E-state index is 6.09. The number of thiophene rings is 1. The predicted molar refractivity (Wildman–Crippen MR) is 65.4 cm³/mol. The van der Waals surface area contributed by atoms with Gasteiger partial charge in [0.05, 0.1) is 0 Å². The number of hydrogen-bond acceptors (Lipinski definition) is 2. The van der Waals surface area contributed by atoms with Gasteiger partial charge in [0.25, 0.3) is 0 Å². The van der Waals surface area contributed by atoms with E-state index in [-0.39, 0.29) is 6.04 Å². The first-order valence-corrected chi connectivity index (χ1v) is 5.84. The second-order valence-corrected chi connectivity index (χ2v) is 4.04. The quantitative estimate of drug-likeness (QED) is 0.735. The maximum atomic E-state index is 6.09. The molecule has 0 saturated carbocycles. The van der Waals surface area contributed by atoms with Gasteiger partial charge in [0.2, 0.25) is 0 Å². The van der Waals surface area contributed by atoms with Crippen molar-refractivity contribution in [2.24, 2.45) is 5.73 Å². The Morgan fingerprint density at radius 2 is 2.50 bits per heavy atom. The molecule has 1 aromatic heterocycles. The van der Waals surface area contributed by atoms with Crippen molar-refractivity contribution in [2.45, 2.75) is 25.8 Å². The van der Waals surface area contributed by atoms with Crippen LogP contribution in [-0.2, 0) is 0 Å². The molecule has 0 aliphatic rings. The summed E-state index contributed by atoms with van der Waals surface area (Å²) in [5.74, 6) is 0. The summed E-state index contributed by atoms with van der Waals surface area (Å²) in [5.41, 5.74) is 8.52. The summed E-state index contributed by atoms with van der Waals surface area (Å²) >= 11 is 1.70. The molecule has 0 fully saturated rings. The lowest BCUT2D eigenvalue weighted by Crippen LogP contribution is -2.21. The number of allylic oxidation sites excluding steroid dienone is 2. The predicted octanol–water partition coefficient (Wildman–Crippen LogP) is 3.44. The lowest BCUT2D eigenvalue weighted by Gasteiger charge is -2.13. The van der Waals surface area contributed by atoms with E-state index in [2.05, 4.69) is 30.3 Å². The molecule has 1 nitrogen and oxygen atoms in total. The molecule has 1 unspecified atom stereocenters. The summed E-state index contributed by atoms with van der Waals surface area (Å²) in [6.45, 7) is 5.88. The van der Waals surface area contributed by atoms with Crippen LogP contribution in [0, 0.1) is 0 Å². The van der Waals surface area contributed by atoms with E-state index in [0.29, 0.717) is 0 Å². The third kappa shape index (κ3) is 2.82. The molecule has 1 atom stereocenters. The van der Waals surface area contributed by atoms with Gasteiger partial charge in [0, 0.05) is 6.04 Å². The maximum Gasteiger partial charge on any atom is 0.0300 e. The zero-order valence-corrected chi connectivity index (χ0v) is 9.39.